The van der Waals surface area contributed by atoms with Crippen molar-refractivity contribution in [2.24, 2.45) is 5.92 Å². The van der Waals surface area contributed by atoms with Crippen LogP contribution >= 0.6 is 0 Å². The lowest BCUT2D eigenvalue weighted by Gasteiger charge is -2.26. The summed E-state index contributed by atoms with van der Waals surface area (Å²) in [5.41, 5.74) is 0.358. The Morgan fingerprint density at radius 1 is 1.36 bits per heavy atom. The highest BCUT2D eigenvalue weighted by Gasteiger charge is 2.29. The average Bonchev–Trinajstić information content (AvgIpc) is 3.26. The Morgan fingerprint density at radius 3 is 2.73 bits per heavy atom. The van der Waals surface area contributed by atoms with E-state index in [-0.39, 0.29) is 18.4 Å². The number of carbonyl (C=O) groups is 1. The van der Waals surface area contributed by atoms with E-state index in [1.165, 1.54) is 12.1 Å². The Balaban J connectivity index is 1.48. The number of aliphatic hydroxyl groups excluding tert-OH is 1. The number of aliphatic hydroxyl groups is 1. The molecule has 2 aliphatic rings. The SMILES string of the molecule is O=C(NC[C@@H](O)C1CC1)Nc1ccc(OC2CCC2)c(F)c1. The maximum Gasteiger partial charge on any atom is 0.319 e. The highest BCUT2D eigenvalue weighted by Crippen LogP contribution is 2.32. The molecule has 0 radical (unpaired) electrons. The van der Waals surface area contributed by atoms with E-state index in [1.807, 2.05) is 0 Å². The molecule has 1 aromatic carbocycles. The van der Waals surface area contributed by atoms with Crippen molar-refractivity contribution in [3.63, 3.8) is 0 Å². The Kier molecular flexibility index (Phi) is 4.47. The van der Waals surface area contributed by atoms with Gasteiger partial charge in [-0.3, -0.25) is 0 Å². The average molecular weight is 308 g/mol. The third-order valence-electron chi connectivity index (χ3n) is 4.17. The first-order chi connectivity index (χ1) is 10.6. The van der Waals surface area contributed by atoms with Gasteiger partial charge in [0.05, 0.1) is 12.2 Å². The van der Waals surface area contributed by atoms with Crippen molar-refractivity contribution in [3.05, 3.63) is 24.0 Å². The van der Waals surface area contributed by atoms with Crippen LogP contribution < -0.4 is 15.4 Å². The molecule has 6 heteroatoms. The van der Waals surface area contributed by atoms with Crippen molar-refractivity contribution < 1.29 is 19.0 Å². The largest absolute Gasteiger partial charge is 0.487 e. The maximum atomic E-state index is 13.9. The zero-order chi connectivity index (χ0) is 15.5. The van der Waals surface area contributed by atoms with Crippen LogP contribution in [0.3, 0.4) is 0 Å². The van der Waals surface area contributed by atoms with Crippen LogP contribution in [0.4, 0.5) is 14.9 Å². The number of benzene rings is 1. The quantitative estimate of drug-likeness (QED) is 0.756. The maximum absolute atomic E-state index is 13.9. The molecule has 2 aliphatic carbocycles. The zero-order valence-corrected chi connectivity index (χ0v) is 12.3. The topological polar surface area (TPSA) is 70.6 Å². The molecule has 0 unspecified atom stereocenters. The van der Waals surface area contributed by atoms with Crippen LogP contribution in [0.25, 0.3) is 0 Å². The van der Waals surface area contributed by atoms with E-state index in [1.54, 1.807) is 6.07 Å². The number of carbonyl (C=O) groups excluding carboxylic acids is 1. The molecule has 3 rings (SSSR count). The van der Waals surface area contributed by atoms with E-state index < -0.39 is 18.0 Å². The van der Waals surface area contributed by atoms with Gasteiger partial charge in [0.1, 0.15) is 0 Å². The van der Waals surface area contributed by atoms with Gasteiger partial charge in [0.2, 0.25) is 0 Å². The summed E-state index contributed by atoms with van der Waals surface area (Å²) in [7, 11) is 0. The van der Waals surface area contributed by atoms with E-state index in [0.29, 0.717) is 11.6 Å². The molecule has 0 bridgehead atoms. The van der Waals surface area contributed by atoms with Crippen LogP contribution in [0.1, 0.15) is 32.1 Å². The Hall–Kier alpha value is -1.82. The third-order valence-corrected chi connectivity index (χ3v) is 4.17. The zero-order valence-electron chi connectivity index (χ0n) is 12.3. The standard InChI is InChI=1S/C16H21FN2O3/c17-13-8-11(6-7-15(13)22-12-2-1-3-12)19-16(21)18-9-14(20)10-4-5-10/h6-8,10,12,14,20H,1-5,9H2,(H2,18,19,21)/t14-/m1/s1. The van der Waals surface area contributed by atoms with E-state index in [2.05, 4.69) is 10.6 Å². The Labute approximate surface area is 128 Å². The first-order valence-electron chi connectivity index (χ1n) is 7.81. The molecule has 3 N–H and O–H groups in total. The van der Waals surface area contributed by atoms with E-state index >= 15 is 0 Å². The summed E-state index contributed by atoms with van der Waals surface area (Å²) in [6.07, 6.45) is 4.69. The van der Waals surface area contributed by atoms with Crippen LogP contribution in [0.2, 0.25) is 0 Å². The molecule has 2 amide bonds. The number of amides is 2. The van der Waals surface area contributed by atoms with Crippen LogP contribution in [0.15, 0.2) is 18.2 Å². The first-order valence-corrected chi connectivity index (χ1v) is 7.81. The second kappa shape index (κ2) is 6.52. The second-order valence-electron chi connectivity index (χ2n) is 6.06. The molecule has 0 aliphatic heterocycles. The van der Waals surface area contributed by atoms with Crippen molar-refractivity contribution in [3.8, 4) is 5.75 Å². The number of rotatable bonds is 6. The molecule has 0 saturated heterocycles. The molecule has 0 spiro atoms. The van der Waals surface area contributed by atoms with Crippen molar-refractivity contribution in [2.45, 2.75) is 44.3 Å². The van der Waals surface area contributed by atoms with Gasteiger partial charge in [0.25, 0.3) is 0 Å². The molecule has 120 valence electrons. The molecule has 0 aromatic heterocycles. The van der Waals surface area contributed by atoms with Gasteiger partial charge in [-0.1, -0.05) is 0 Å². The number of hydrogen-bond acceptors (Lipinski definition) is 3. The van der Waals surface area contributed by atoms with Gasteiger partial charge in [-0.2, -0.15) is 0 Å². The molecule has 1 atom stereocenters. The first kappa shape index (κ1) is 15.1. The lowest BCUT2D eigenvalue weighted by atomic mass is 9.96. The Bertz CT molecular complexity index is 544. The number of ether oxygens (including phenoxy) is 1. The molecular formula is C16H21FN2O3. The normalized spacial score (nSPS) is 19.2. The third kappa shape index (κ3) is 3.88. The summed E-state index contributed by atoms with van der Waals surface area (Å²) in [5, 5.41) is 14.8. The number of nitrogens with one attached hydrogen (secondary N) is 2. The predicted octanol–water partition coefficient (Wildman–Crippen LogP) is 2.65. The summed E-state index contributed by atoms with van der Waals surface area (Å²) in [4.78, 5) is 11.7. The summed E-state index contributed by atoms with van der Waals surface area (Å²) in [6.45, 7) is 0.210. The van der Waals surface area contributed by atoms with Crippen LogP contribution in [0.5, 0.6) is 5.75 Å². The van der Waals surface area contributed by atoms with Gasteiger partial charge >= 0.3 is 6.03 Å². The molecule has 5 nitrogen and oxygen atoms in total. The number of anilines is 1. The summed E-state index contributed by atoms with van der Waals surface area (Å²) in [5.74, 6) is 0.0446. The van der Waals surface area contributed by atoms with Crippen molar-refractivity contribution >= 4 is 11.7 Å². The van der Waals surface area contributed by atoms with Crippen molar-refractivity contribution in [1.29, 1.82) is 0 Å². The molecular weight excluding hydrogens is 287 g/mol. The van der Waals surface area contributed by atoms with Gasteiger partial charge in [-0.15, -0.1) is 0 Å². The van der Waals surface area contributed by atoms with Gasteiger partial charge in [0.15, 0.2) is 11.6 Å². The summed E-state index contributed by atoms with van der Waals surface area (Å²) in [6, 6.07) is 3.92. The number of halogens is 1. The fourth-order valence-corrected chi connectivity index (χ4v) is 2.36. The van der Waals surface area contributed by atoms with Gasteiger partial charge in [-0.25, -0.2) is 9.18 Å². The fourth-order valence-electron chi connectivity index (χ4n) is 2.36. The second-order valence-corrected chi connectivity index (χ2v) is 6.06. The minimum atomic E-state index is -0.499. The molecule has 0 heterocycles. The van der Waals surface area contributed by atoms with Crippen LogP contribution in [0, 0.1) is 11.7 Å². The molecule has 2 fully saturated rings. The highest BCUT2D eigenvalue weighted by atomic mass is 19.1. The number of urea groups is 1. The fraction of sp³-hybridized carbons (Fsp3) is 0.562. The van der Waals surface area contributed by atoms with Crippen molar-refractivity contribution in [2.75, 3.05) is 11.9 Å². The van der Waals surface area contributed by atoms with E-state index in [0.717, 1.165) is 32.1 Å². The minimum absolute atomic E-state index is 0.112. The van der Waals surface area contributed by atoms with Gasteiger partial charge in [0, 0.05) is 18.3 Å². The molecule has 1 aromatic rings. The smallest absolute Gasteiger partial charge is 0.319 e. The van der Waals surface area contributed by atoms with E-state index in [9.17, 15) is 14.3 Å². The molecule has 2 saturated carbocycles. The summed E-state index contributed by atoms with van der Waals surface area (Å²) >= 11 is 0. The van der Waals surface area contributed by atoms with Gasteiger partial charge < -0.3 is 20.5 Å². The summed E-state index contributed by atoms with van der Waals surface area (Å²) < 4.78 is 19.4. The predicted molar refractivity (Wildman–Crippen MR) is 80.4 cm³/mol. The number of hydrogen-bond donors (Lipinski definition) is 3. The monoisotopic (exact) mass is 308 g/mol. The highest BCUT2D eigenvalue weighted by molar-refractivity contribution is 5.89. The lowest BCUT2D eigenvalue weighted by molar-refractivity contribution is 0.115. The van der Waals surface area contributed by atoms with E-state index in [4.69, 9.17) is 4.74 Å². The van der Waals surface area contributed by atoms with Crippen molar-refractivity contribution in [1.82, 2.24) is 5.32 Å². The lowest BCUT2D eigenvalue weighted by Crippen LogP contribution is -2.36. The van der Waals surface area contributed by atoms with Crippen LogP contribution in [-0.4, -0.2) is 29.9 Å². The van der Waals surface area contributed by atoms with Crippen LogP contribution in [-0.2, 0) is 0 Å². The Morgan fingerprint density at radius 2 is 2.14 bits per heavy atom. The minimum Gasteiger partial charge on any atom is -0.487 e. The van der Waals surface area contributed by atoms with Gasteiger partial charge in [-0.05, 0) is 50.2 Å². The molecule has 22 heavy (non-hydrogen) atoms.